The molecular formula is C22H21N3O3. The van der Waals surface area contributed by atoms with Gasteiger partial charge in [-0.25, -0.2) is 9.48 Å². The van der Waals surface area contributed by atoms with Crippen LogP contribution in [0.15, 0.2) is 72.4 Å². The maximum absolute atomic E-state index is 12.6. The summed E-state index contributed by atoms with van der Waals surface area (Å²) in [7, 11) is 1.64. The molecule has 3 aromatic rings. The molecule has 0 unspecified atom stereocenters. The van der Waals surface area contributed by atoms with Crippen molar-refractivity contribution in [3.8, 4) is 17.0 Å². The summed E-state index contributed by atoms with van der Waals surface area (Å²) in [4.78, 5) is 12.6. The van der Waals surface area contributed by atoms with Crippen LogP contribution in [0.4, 0.5) is 5.82 Å². The van der Waals surface area contributed by atoms with Gasteiger partial charge in [-0.1, -0.05) is 30.3 Å². The number of anilines is 1. The summed E-state index contributed by atoms with van der Waals surface area (Å²) < 4.78 is 12.3. The molecule has 1 aromatic heterocycles. The van der Waals surface area contributed by atoms with Crippen LogP contribution < -0.4 is 10.1 Å². The lowest BCUT2D eigenvalue weighted by atomic mass is 9.98. The van der Waals surface area contributed by atoms with Crippen molar-refractivity contribution < 1.29 is 14.3 Å². The van der Waals surface area contributed by atoms with Crippen LogP contribution in [0.25, 0.3) is 11.3 Å². The van der Waals surface area contributed by atoms with Crippen molar-refractivity contribution in [3.05, 3.63) is 78.0 Å². The molecule has 6 heteroatoms. The van der Waals surface area contributed by atoms with Crippen LogP contribution in [-0.2, 0) is 9.53 Å². The molecule has 1 N–H and O–H groups in total. The molecule has 1 aliphatic heterocycles. The average molecular weight is 375 g/mol. The number of hydrogen-bond acceptors (Lipinski definition) is 5. The van der Waals surface area contributed by atoms with E-state index in [4.69, 9.17) is 14.6 Å². The van der Waals surface area contributed by atoms with Gasteiger partial charge in [0.25, 0.3) is 0 Å². The van der Waals surface area contributed by atoms with Crippen LogP contribution in [0, 0.1) is 0 Å². The second-order valence-electron chi connectivity index (χ2n) is 6.37. The van der Waals surface area contributed by atoms with Crippen LogP contribution in [0.2, 0.25) is 0 Å². The van der Waals surface area contributed by atoms with E-state index < -0.39 is 0 Å². The zero-order valence-electron chi connectivity index (χ0n) is 15.8. The van der Waals surface area contributed by atoms with E-state index in [1.54, 1.807) is 20.2 Å². The summed E-state index contributed by atoms with van der Waals surface area (Å²) in [6.07, 6.45) is 1.71. The number of ether oxygens (including phenoxy) is 2. The summed E-state index contributed by atoms with van der Waals surface area (Å²) in [5.41, 5.74) is 3.26. The van der Waals surface area contributed by atoms with Gasteiger partial charge < -0.3 is 14.8 Å². The van der Waals surface area contributed by atoms with Gasteiger partial charge >= 0.3 is 5.97 Å². The van der Waals surface area contributed by atoms with Gasteiger partial charge in [-0.3, -0.25) is 0 Å². The van der Waals surface area contributed by atoms with E-state index in [1.807, 2.05) is 65.3 Å². The fraction of sp³-hybridized carbons (Fsp3) is 0.182. The lowest BCUT2D eigenvalue weighted by Crippen LogP contribution is -2.26. The molecule has 1 aliphatic rings. The molecule has 28 heavy (non-hydrogen) atoms. The molecular weight excluding hydrogens is 354 g/mol. The van der Waals surface area contributed by atoms with Crippen LogP contribution in [-0.4, -0.2) is 29.5 Å². The Balaban J connectivity index is 1.77. The molecule has 1 atom stereocenters. The third-order valence-corrected chi connectivity index (χ3v) is 4.66. The van der Waals surface area contributed by atoms with E-state index >= 15 is 0 Å². The van der Waals surface area contributed by atoms with Gasteiger partial charge in [0, 0.05) is 17.8 Å². The van der Waals surface area contributed by atoms with Crippen molar-refractivity contribution in [2.24, 2.45) is 0 Å². The zero-order valence-corrected chi connectivity index (χ0v) is 15.8. The van der Waals surface area contributed by atoms with Crippen molar-refractivity contribution in [2.75, 3.05) is 19.0 Å². The molecule has 2 aromatic carbocycles. The summed E-state index contributed by atoms with van der Waals surface area (Å²) >= 11 is 0. The number of carbonyl (C=O) groups excluding carboxylic acids is 1. The standard InChI is InChI=1S/C22H21N3O3/c1-3-28-22(26)18-14-23-20-13-19(15-9-11-17(27-2)12-10-15)24-25(20)21(18)16-7-5-4-6-8-16/h4-14,21,23H,3H2,1-2H3/t21-/m1/s1. The summed E-state index contributed by atoms with van der Waals surface area (Å²) in [6.45, 7) is 2.12. The highest BCUT2D eigenvalue weighted by Gasteiger charge is 2.31. The number of hydrogen-bond donors (Lipinski definition) is 1. The van der Waals surface area contributed by atoms with Crippen molar-refractivity contribution >= 4 is 11.8 Å². The fourth-order valence-electron chi connectivity index (χ4n) is 3.31. The number of methoxy groups -OCH3 is 1. The van der Waals surface area contributed by atoms with Gasteiger partial charge in [-0.05, 0) is 36.8 Å². The number of nitrogens with one attached hydrogen (secondary N) is 1. The van der Waals surface area contributed by atoms with E-state index in [9.17, 15) is 4.79 Å². The Morgan fingerprint density at radius 2 is 1.89 bits per heavy atom. The van der Waals surface area contributed by atoms with Gasteiger partial charge in [-0.2, -0.15) is 5.10 Å². The van der Waals surface area contributed by atoms with Crippen LogP contribution >= 0.6 is 0 Å². The van der Waals surface area contributed by atoms with Gasteiger partial charge in [0.2, 0.25) is 0 Å². The molecule has 4 rings (SSSR count). The molecule has 0 fully saturated rings. The van der Waals surface area contributed by atoms with E-state index in [-0.39, 0.29) is 12.0 Å². The Kier molecular flexibility index (Phi) is 4.85. The Morgan fingerprint density at radius 1 is 1.14 bits per heavy atom. The molecule has 142 valence electrons. The lowest BCUT2D eigenvalue weighted by Gasteiger charge is -2.26. The number of aromatic nitrogens is 2. The van der Waals surface area contributed by atoms with Crippen LogP contribution in [0.1, 0.15) is 18.5 Å². The predicted octanol–water partition coefficient (Wildman–Crippen LogP) is 4.02. The van der Waals surface area contributed by atoms with Crippen LogP contribution in [0.3, 0.4) is 0 Å². The largest absolute Gasteiger partial charge is 0.497 e. The summed E-state index contributed by atoms with van der Waals surface area (Å²) in [5.74, 6) is 1.25. The van der Waals surface area contributed by atoms with E-state index in [0.717, 1.165) is 28.4 Å². The van der Waals surface area contributed by atoms with Crippen LogP contribution in [0.5, 0.6) is 5.75 Å². The quantitative estimate of drug-likeness (QED) is 0.683. The third-order valence-electron chi connectivity index (χ3n) is 4.66. The fourth-order valence-corrected chi connectivity index (χ4v) is 3.31. The molecule has 0 bridgehead atoms. The van der Waals surface area contributed by atoms with E-state index in [1.165, 1.54) is 0 Å². The lowest BCUT2D eigenvalue weighted by molar-refractivity contribution is -0.139. The molecule has 0 radical (unpaired) electrons. The Bertz CT molecular complexity index is 1010. The highest BCUT2D eigenvalue weighted by Crippen LogP contribution is 2.36. The van der Waals surface area contributed by atoms with E-state index in [2.05, 4.69) is 5.32 Å². The number of rotatable bonds is 5. The number of nitrogens with zero attached hydrogens (tertiary/aromatic N) is 2. The topological polar surface area (TPSA) is 65.4 Å². The van der Waals surface area contributed by atoms with Gasteiger partial charge in [-0.15, -0.1) is 0 Å². The highest BCUT2D eigenvalue weighted by molar-refractivity contribution is 5.91. The number of benzene rings is 2. The van der Waals surface area contributed by atoms with Crippen molar-refractivity contribution in [1.29, 1.82) is 0 Å². The molecule has 0 saturated carbocycles. The van der Waals surface area contributed by atoms with E-state index in [0.29, 0.717) is 12.2 Å². The minimum absolute atomic E-state index is 0.320. The molecule has 0 aliphatic carbocycles. The smallest absolute Gasteiger partial charge is 0.338 e. The third kappa shape index (κ3) is 3.24. The Labute approximate surface area is 163 Å². The second-order valence-corrected chi connectivity index (χ2v) is 6.37. The molecule has 0 amide bonds. The summed E-state index contributed by atoms with van der Waals surface area (Å²) in [6, 6.07) is 19.2. The second kappa shape index (κ2) is 7.60. The number of carbonyl (C=O) groups is 1. The average Bonchev–Trinajstić information content (AvgIpc) is 3.18. The molecule has 2 heterocycles. The van der Waals surface area contributed by atoms with Gasteiger partial charge in [0.15, 0.2) is 0 Å². The predicted molar refractivity (Wildman–Crippen MR) is 107 cm³/mol. The zero-order chi connectivity index (χ0) is 19.5. The van der Waals surface area contributed by atoms with Crippen molar-refractivity contribution in [3.63, 3.8) is 0 Å². The Morgan fingerprint density at radius 3 is 2.57 bits per heavy atom. The normalized spacial score (nSPS) is 15.2. The number of esters is 1. The SMILES string of the molecule is CCOC(=O)C1=CNc2cc(-c3ccc(OC)cc3)nn2[C@@H]1c1ccccc1. The first-order valence-electron chi connectivity index (χ1n) is 9.14. The monoisotopic (exact) mass is 375 g/mol. The number of fused-ring (bicyclic) bond motifs is 1. The first-order chi connectivity index (χ1) is 13.7. The van der Waals surface area contributed by atoms with Gasteiger partial charge in [0.1, 0.15) is 17.6 Å². The highest BCUT2D eigenvalue weighted by atomic mass is 16.5. The minimum atomic E-state index is -0.358. The Hall–Kier alpha value is -3.54. The first kappa shape index (κ1) is 17.9. The summed E-state index contributed by atoms with van der Waals surface area (Å²) in [5, 5.41) is 7.97. The molecule has 0 spiro atoms. The molecule has 6 nitrogen and oxygen atoms in total. The maximum Gasteiger partial charge on any atom is 0.338 e. The first-order valence-corrected chi connectivity index (χ1v) is 9.14. The van der Waals surface area contributed by atoms with Crippen molar-refractivity contribution in [2.45, 2.75) is 13.0 Å². The van der Waals surface area contributed by atoms with Crippen molar-refractivity contribution in [1.82, 2.24) is 9.78 Å². The maximum atomic E-state index is 12.6. The minimum Gasteiger partial charge on any atom is -0.497 e. The van der Waals surface area contributed by atoms with Gasteiger partial charge in [0.05, 0.1) is 25.0 Å². The molecule has 0 saturated heterocycles.